The highest BCUT2D eigenvalue weighted by Crippen LogP contribution is 2.39. The molecule has 0 aromatic heterocycles. The van der Waals surface area contributed by atoms with Crippen LogP contribution in [0.15, 0.2) is 24.3 Å². The van der Waals surface area contributed by atoms with Crippen LogP contribution in [0.25, 0.3) is 0 Å². The molecule has 150 valence electrons. The summed E-state index contributed by atoms with van der Waals surface area (Å²) in [6.07, 6.45) is 1.28. The van der Waals surface area contributed by atoms with Crippen LogP contribution in [0.2, 0.25) is 0 Å². The Kier molecular flexibility index (Phi) is 8.28. The van der Waals surface area contributed by atoms with E-state index in [4.69, 9.17) is 9.78 Å². The Hall–Kier alpha value is -0.940. The van der Waals surface area contributed by atoms with E-state index in [0.29, 0.717) is 0 Å². The van der Waals surface area contributed by atoms with Crippen molar-refractivity contribution in [1.82, 2.24) is 0 Å². The Morgan fingerprint density at radius 2 is 1.00 bits per heavy atom. The second-order valence-electron chi connectivity index (χ2n) is 8.98. The van der Waals surface area contributed by atoms with Crippen LogP contribution in [0.4, 0.5) is 0 Å². The summed E-state index contributed by atoms with van der Waals surface area (Å²) in [6.45, 7) is 16.8. The van der Waals surface area contributed by atoms with Gasteiger partial charge < -0.3 is 0 Å². The molecule has 0 amide bonds. The molecule has 4 unspecified atom stereocenters. The molecule has 4 heteroatoms. The van der Waals surface area contributed by atoms with E-state index in [0.717, 1.165) is 24.0 Å². The highest BCUT2D eigenvalue weighted by molar-refractivity contribution is 5.29. The normalized spacial score (nSPS) is 17.6. The van der Waals surface area contributed by atoms with Gasteiger partial charge in [0.15, 0.2) is 0 Å². The van der Waals surface area contributed by atoms with Crippen molar-refractivity contribution in [3.8, 4) is 0 Å². The molecule has 26 heavy (non-hydrogen) atoms. The van der Waals surface area contributed by atoms with Crippen molar-refractivity contribution in [3.05, 3.63) is 35.4 Å². The first-order chi connectivity index (χ1) is 12.1. The molecule has 4 atom stereocenters. The lowest BCUT2D eigenvalue weighted by Gasteiger charge is -2.36. The summed E-state index contributed by atoms with van der Waals surface area (Å²) in [7, 11) is 0. The highest BCUT2D eigenvalue weighted by Gasteiger charge is 2.36. The van der Waals surface area contributed by atoms with Crippen molar-refractivity contribution in [3.63, 3.8) is 0 Å². The molecule has 0 radical (unpaired) electrons. The van der Waals surface area contributed by atoms with E-state index in [9.17, 15) is 10.5 Å². The highest BCUT2D eigenvalue weighted by atomic mass is 17.1. The smallest absolute Gasteiger partial charge is 0.104 e. The van der Waals surface area contributed by atoms with Crippen LogP contribution in [0, 0.1) is 10.8 Å². The molecule has 2 N–H and O–H groups in total. The molecule has 0 fully saturated rings. The van der Waals surface area contributed by atoms with E-state index in [1.165, 1.54) is 0 Å². The third kappa shape index (κ3) is 5.07. The summed E-state index contributed by atoms with van der Waals surface area (Å²) in [4.78, 5) is 9.72. The van der Waals surface area contributed by atoms with Crippen LogP contribution in [0.3, 0.4) is 0 Å². The summed E-state index contributed by atoms with van der Waals surface area (Å²) in [5.74, 6) is 0.132. The van der Waals surface area contributed by atoms with Crippen LogP contribution < -0.4 is 0 Å². The molecule has 0 saturated heterocycles. The lowest BCUT2D eigenvalue weighted by Crippen LogP contribution is -2.35. The van der Waals surface area contributed by atoms with E-state index in [2.05, 4.69) is 79.7 Å². The Balaban J connectivity index is 3.04. The Morgan fingerprint density at radius 1 is 0.731 bits per heavy atom. The van der Waals surface area contributed by atoms with Gasteiger partial charge in [0.2, 0.25) is 0 Å². The standard InChI is InChI=1S/C22H38O4/c1-9-21(5,6)19(25-23)15(3)17-11-13-18(14-12-17)16(4)20(26-24)22(7,8)10-2/h11-16,19-20,23-24H,9-10H2,1-8H3. The van der Waals surface area contributed by atoms with Crippen molar-refractivity contribution < 1.29 is 20.3 Å². The number of hydrogen-bond donors (Lipinski definition) is 2. The van der Waals surface area contributed by atoms with Gasteiger partial charge in [-0.2, -0.15) is 0 Å². The Labute approximate surface area is 159 Å². The predicted molar refractivity (Wildman–Crippen MR) is 106 cm³/mol. The number of rotatable bonds is 10. The molecule has 0 spiro atoms. The first kappa shape index (κ1) is 23.1. The molecule has 0 aliphatic heterocycles. The van der Waals surface area contributed by atoms with Crippen molar-refractivity contribution in [1.29, 1.82) is 0 Å². The molecule has 4 nitrogen and oxygen atoms in total. The van der Waals surface area contributed by atoms with Crippen LogP contribution in [-0.2, 0) is 9.78 Å². The van der Waals surface area contributed by atoms with Crippen molar-refractivity contribution in [2.24, 2.45) is 10.8 Å². The zero-order valence-corrected chi connectivity index (χ0v) is 17.7. The monoisotopic (exact) mass is 366 g/mol. The maximum Gasteiger partial charge on any atom is 0.104 e. The van der Waals surface area contributed by atoms with E-state index in [-0.39, 0.29) is 34.9 Å². The minimum absolute atomic E-state index is 0.0660. The van der Waals surface area contributed by atoms with E-state index in [1.54, 1.807) is 0 Å². The quantitative estimate of drug-likeness (QED) is 0.367. The second-order valence-corrected chi connectivity index (χ2v) is 8.98. The second kappa shape index (κ2) is 9.32. The van der Waals surface area contributed by atoms with E-state index < -0.39 is 0 Å². The fraction of sp³-hybridized carbons (Fsp3) is 0.727. The SMILES string of the molecule is CCC(C)(C)C(OO)C(C)c1ccc(C(C)C(OO)C(C)(C)CC)cc1. The molecule has 1 rings (SSSR count). The largest absolute Gasteiger partial charge is 0.251 e. The van der Waals surface area contributed by atoms with Gasteiger partial charge in [-0.15, -0.1) is 0 Å². The van der Waals surface area contributed by atoms with Gasteiger partial charge in [0.05, 0.1) is 0 Å². The predicted octanol–water partition coefficient (Wildman–Crippen LogP) is 6.48. The van der Waals surface area contributed by atoms with Gasteiger partial charge in [-0.05, 0) is 34.8 Å². The molecule has 0 aliphatic carbocycles. The first-order valence-electron chi connectivity index (χ1n) is 9.76. The van der Waals surface area contributed by atoms with E-state index >= 15 is 0 Å². The fourth-order valence-corrected chi connectivity index (χ4v) is 3.68. The molecule has 0 saturated carbocycles. The third-order valence-corrected chi connectivity index (χ3v) is 6.49. The van der Waals surface area contributed by atoms with Gasteiger partial charge in [-0.3, -0.25) is 10.5 Å². The minimum Gasteiger partial charge on any atom is -0.251 e. The van der Waals surface area contributed by atoms with Crippen molar-refractivity contribution in [2.45, 2.75) is 92.3 Å². The van der Waals surface area contributed by atoms with Gasteiger partial charge in [0.25, 0.3) is 0 Å². The average Bonchev–Trinajstić information content (AvgIpc) is 2.62. The summed E-state index contributed by atoms with van der Waals surface area (Å²) in [5.41, 5.74) is 2.00. The van der Waals surface area contributed by atoms with Gasteiger partial charge in [-0.25, -0.2) is 9.78 Å². The molecular weight excluding hydrogens is 328 g/mol. The summed E-state index contributed by atoms with van der Waals surface area (Å²) in [6, 6.07) is 8.34. The number of benzene rings is 1. The maximum absolute atomic E-state index is 9.44. The average molecular weight is 367 g/mol. The van der Waals surface area contributed by atoms with E-state index in [1.807, 2.05) is 0 Å². The van der Waals surface area contributed by atoms with Crippen molar-refractivity contribution in [2.75, 3.05) is 0 Å². The van der Waals surface area contributed by atoms with Crippen LogP contribution >= 0.6 is 0 Å². The maximum atomic E-state index is 9.44. The third-order valence-electron chi connectivity index (χ3n) is 6.49. The summed E-state index contributed by atoms with van der Waals surface area (Å²) >= 11 is 0. The Bertz CT molecular complexity index is 487. The molecular formula is C22H38O4. The van der Waals surface area contributed by atoms with Crippen molar-refractivity contribution >= 4 is 0 Å². The molecule has 0 heterocycles. The minimum atomic E-state index is -0.275. The zero-order valence-electron chi connectivity index (χ0n) is 17.7. The Morgan fingerprint density at radius 3 is 1.19 bits per heavy atom. The first-order valence-corrected chi connectivity index (χ1v) is 9.76. The van der Waals surface area contributed by atoms with Gasteiger partial charge in [0.1, 0.15) is 12.2 Å². The molecule has 0 aliphatic rings. The molecule has 0 bridgehead atoms. The number of hydrogen-bond acceptors (Lipinski definition) is 4. The fourth-order valence-electron chi connectivity index (χ4n) is 3.68. The van der Waals surface area contributed by atoms with Crippen LogP contribution in [0.1, 0.15) is 91.2 Å². The van der Waals surface area contributed by atoms with Gasteiger partial charge in [0, 0.05) is 11.8 Å². The lowest BCUT2D eigenvalue weighted by atomic mass is 9.74. The topological polar surface area (TPSA) is 58.9 Å². The van der Waals surface area contributed by atoms with Gasteiger partial charge >= 0.3 is 0 Å². The summed E-state index contributed by atoms with van der Waals surface area (Å²) in [5, 5.41) is 18.9. The molecule has 1 aromatic rings. The van der Waals surface area contributed by atoms with Crippen LogP contribution in [0.5, 0.6) is 0 Å². The lowest BCUT2D eigenvalue weighted by molar-refractivity contribution is -0.306. The summed E-state index contributed by atoms with van der Waals surface area (Å²) < 4.78 is 0. The van der Waals surface area contributed by atoms with Gasteiger partial charge in [-0.1, -0.05) is 79.7 Å². The molecule has 1 aromatic carbocycles. The van der Waals surface area contributed by atoms with Crippen LogP contribution in [-0.4, -0.2) is 22.7 Å². The zero-order chi connectivity index (χ0) is 20.1.